The molecular weight excluding hydrogens is 432 g/mol. The highest BCUT2D eigenvalue weighted by atomic mass is 19.4. The molecule has 0 N–H and O–H groups in total. The Morgan fingerprint density at radius 2 is 1.00 bits per heavy atom. The van der Waals surface area contributed by atoms with Crippen molar-refractivity contribution in [3.05, 3.63) is 71.3 Å². The summed E-state index contributed by atoms with van der Waals surface area (Å²) < 4.78 is 112. The van der Waals surface area contributed by atoms with Gasteiger partial charge in [-0.3, -0.25) is 0 Å². The van der Waals surface area contributed by atoms with Crippen molar-refractivity contribution in [2.75, 3.05) is 0 Å². The van der Waals surface area contributed by atoms with Gasteiger partial charge in [0.2, 0.25) is 0 Å². The van der Waals surface area contributed by atoms with E-state index in [9.17, 15) is 44.7 Å². The maximum atomic E-state index is 13.1. The number of esters is 2. The molecule has 0 spiro atoms. The Morgan fingerprint density at radius 3 is 1.30 bits per heavy atom. The number of rotatable bonds is 4. The first kappa shape index (κ1) is 22.8. The third-order valence-electron chi connectivity index (χ3n) is 3.27. The molecule has 4 nitrogen and oxygen atoms in total. The van der Waals surface area contributed by atoms with E-state index in [1.165, 1.54) is 0 Å². The molecule has 0 unspecified atom stereocenters. The van der Waals surface area contributed by atoms with Crippen molar-refractivity contribution >= 4 is 11.9 Å². The third-order valence-corrected chi connectivity index (χ3v) is 3.27. The molecule has 0 saturated carbocycles. The monoisotopic (exact) mass is 440 g/mol. The molecule has 0 aromatic heterocycles. The van der Waals surface area contributed by atoms with E-state index in [1.807, 2.05) is 0 Å². The van der Waals surface area contributed by atoms with Crippen molar-refractivity contribution in [2.24, 2.45) is 0 Å². The van der Waals surface area contributed by atoms with E-state index in [4.69, 9.17) is 0 Å². The fraction of sp³-hybridized carbons (Fsp3) is 0.111. The van der Waals surface area contributed by atoms with Crippen molar-refractivity contribution in [1.82, 2.24) is 0 Å². The SMILES string of the molecule is O=C(C=CC(=O)Oc1cc(F)ccc1C(F)(F)F)Oc1cc(F)ccc1C(F)(F)F. The number of alkyl halides is 6. The van der Waals surface area contributed by atoms with E-state index in [2.05, 4.69) is 9.47 Å². The van der Waals surface area contributed by atoms with E-state index in [0.717, 1.165) is 0 Å². The Balaban J connectivity index is 2.15. The first-order valence-corrected chi connectivity index (χ1v) is 7.62. The van der Waals surface area contributed by atoms with Crippen LogP contribution in [0.25, 0.3) is 0 Å². The molecule has 0 amide bonds. The molecular formula is C18H8F8O4. The molecule has 160 valence electrons. The number of carbonyl (C=O) groups is 2. The Hall–Kier alpha value is -3.44. The van der Waals surface area contributed by atoms with Crippen LogP contribution >= 0.6 is 0 Å². The average Bonchev–Trinajstić information content (AvgIpc) is 2.58. The lowest BCUT2D eigenvalue weighted by atomic mass is 10.2. The Morgan fingerprint density at radius 1 is 0.667 bits per heavy atom. The van der Waals surface area contributed by atoms with Crippen LogP contribution in [0.2, 0.25) is 0 Å². The number of hydrogen-bond donors (Lipinski definition) is 0. The van der Waals surface area contributed by atoms with Gasteiger partial charge in [-0.1, -0.05) is 0 Å². The van der Waals surface area contributed by atoms with Crippen molar-refractivity contribution in [1.29, 1.82) is 0 Å². The Kier molecular flexibility index (Phi) is 6.48. The molecule has 0 saturated heterocycles. The van der Waals surface area contributed by atoms with Gasteiger partial charge in [-0.15, -0.1) is 0 Å². The predicted octanol–water partition coefficient (Wildman–Crippen LogP) is 5.07. The number of halogens is 8. The summed E-state index contributed by atoms with van der Waals surface area (Å²) in [5.41, 5.74) is -2.97. The maximum absolute atomic E-state index is 13.1. The van der Waals surface area contributed by atoms with Crippen molar-refractivity contribution in [3.8, 4) is 11.5 Å². The molecule has 0 aliphatic carbocycles. The molecule has 0 heterocycles. The Bertz CT molecular complexity index is 913. The zero-order valence-corrected chi connectivity index (χ0v) is 14.3. The van der Waals surface area contributed by atoms with E-state index in [-0.39, 0.29) is 24.3 Å². The second-order valence-electron chi connectivity index (χ2n) is 5.45. The van der Waals surface area contributed by atoms with Crippen LogP contribution in [-0.2, 0) is 21.9 Å². The minimum atomic E-state index is -4.99. The van der Waals surface area contributed by atoms with Crippen molar-refractivity contribution < 1.29 is 54.2 Å². The van der Waals surface area contributed by atoms with Crippen LogP contribution in [0, 0.1) is 11.6 Å². The number of ether oxygens (including phenoxy) is 2. The predicted molar refractivity (Wildman–Crippen MR) is 83.2 cm³/mol. The summed E-state index contributed by atoms with van der Waals surface area (Å²) in [5, 5.41) is 0. The largest absolute Gasteiger partial charge is 0.423 e. The summed E-state index contributed by atoms with van der Waals surface area (Å²) in [7, 11) is 0. The second-order valence-corrected chi connectivity index (χ2v) is 5.45. The number of benzene rings is 2. The van der Waals surface area contributed by atoms with Gasteiger partial charge in [-0.2, -0.15) is 26.3 Å². The molecule has 0 fully saturated rings. The summed E-state index contributed by atoms with van der Waals surface area (Å²) in [6.45, 7) is 0. The summed E-state index contributed by atoms with van der Waals surface area (Å²) in [5.74, 6) is -7.87. The van der Waals surface area contributed by atoms with Crippen molar-refractivity contribution in [2.45, 2.75) is 12.4 Å². The van der Waals surface area contributed by atoms with Crippen LogP contribution in [0.3, 0.4) is 0 Å². The average molecular weight is 440 g/mol. The highest BCUT2D eigenvalue weighted by Gasteiger charge is 2.36. The van der Waals surface area contributed by atoms with Crippen LogP contribution < -0.4 is 9.47 Å². The van der Waals surface area contributed by atoms with Crippen LogP contribution in [0.5, 0.6) is 11.5 Å². The standard InChI is InChI=1S/C18H8F8O4/c19-9-1-3-11(17(21,22)23)13(7-9)29-15(27)5-6-16(28)30-14-8-10(20)2-4-12(14)18(24,25)26/h1-8H. The van der Waals surface area contributed by atoms with Gasteiger partial charge in [0.1, 0.15) is 23.1 Å². The lowest BCUT2D eigenvalue weighted by Crippen LogP contribution is -2.14. The van der Waals surface area contributed by atoms with Gasteiger partial charge >= 0.3 is 24.3 Å². The molecule has 2 aromatic rings. The van der Waals surface area contributed by atoms with Gasteiger partial charge in [0, 0.05) is 24.3 Å². The van der Waals surface area contributed by atoms with Crippen LogP contribution in [-0.4, -0.2) is 11.9 Å². The zero-order chi connectivity index (χ0) is 22.7. The van der Waals surface area contributed by atoms with Crippen molar-refractivity contribution in [3.63, 3.8) is 0 Å². The van der Waals surface area contributed by atoms with Crippen LogP contribution in [0.4, 0.5) is 35.1 Å². The first-order valence-electron chi connectivity index (χ1n) is 7.62. The highest BCUT2D eigenvalue weighted by molar-refractivity contribution is 5.93. The molecule has 0 atom stereocenters. The first-order chi connectivity index (χ1) is 13.8. The lowest BCUT2D eigenvalue weighted by Gasteiger charge is -2.12. The normalized spacial score (nSPS) is 12.1. The quantitative estimate of drug-likeness (QED) is 0.288. The fourth-order valence-electron chi connectivity index (χ4n) is 2.05. The molecule has 2 aromatic carbocycles. The maximum Gasteiger partial charge on any atom is 0.419 e. The molecule has 0 aliphatic heterocycles. The van der Waals surface area contributed by atoms with Crippen LogP contribution in [0.15, 0.2) is 48.6 Å². The smallest absolute Gasteiger partial charge is 0.419 e. The Labute approximate surface area is 162 Å². The topological polar surface area (TPSA) is 52.6 Å². The highest BCUT2D eigenvalue weighted by Crippen LogP contribution is 2.37. The third kappa shape index (κ3) is 6.03. The fourth-order valence-corrected chi connectivity index (χ4v) is 2.05. The van der Waals surface area contributed by atoms with E-state index >= 15 is 0 Å². The van der Waals surface area contributed by atoms with E-state index in [0.29, 0.717) is 24.3 Å². The number of hydrogen-bond acceptors (Lipinski definition) is 4. The van der Waals surface area contributed by atoms with Gasteiger partial charge in [0.25, 0.3) is 0 Å². The van der Waals surface area contributed by atoms with Crippen LogP contribution in [0.1, 0.15) is 11.1 Å². The molecule has 0 bridgehead atoms. The van der Waals surface area contributed by atoms with E-state index in [1.54, 1.807) is 0 Å². The van der Waals surface area contributed by atoms with Gasteiger partial charge in [0.15, 0.2) is 0 Å². The minimum Gasteiger partial charge on any atom is -0.423 e. The second kappa shape index (κ2) is 8.51. The van der Waals surface area contributed by atoms with Gasteiger partial charge in [0.05, 0.1) is 11.1 Å². The molecule has 30 heavy (non-hydrogen) atoms. The molecule has 12 heteroatoms. The minimum absolute atomic E-state index is 0.236. The molecule has 0 aliphatic rings. The van der Waals surface area contributed by atoms with Gasteiger partial charge in [-0.25, -0.2) is 18.4 Å². The van der Waals surface area contributed by atoms with Gasteiger partial charge < -0.3 is 9.47 Å². The van der Waals surface area contributed by atoms with Gasteiger partial charge in [-0.05, 0) is 24.3 Å². The molecule has 0 radical (unpaired) electrons. The zero-order valence-electron chi connectivity index (χ0n) is 14.3. The summed E-state index contributed by atoms with van der Waals surface area (Å²) in [6.07, 6.45) is -9.51. The van der Waals surface area contributed by atoms with E-state index < -0.39 is 58.6 Å². The summed E-state index contributed by atoms with van der Waals surface area (Å²) in [4.78, 5) is 23.2. The summed E-state index contributed by atoms with van der Waals surface area (Å²) >= 11 is 0. The number of carbonyl (C=O) groups excluding carboxylic acids is 2. The molecule has 2 rings (SSSR count). The lowest BCUT2D eigenvalue weighted by molar-refractivity contribution is -0.142. The summed E-state index contributed by atoms with van der Waals surface area (Å²) in [6, 6.07) is 2.14.